The lowest BCUT2D eigenvalue weighted by molar-refractivity contribution is -0.137. The molecule has 0 radical (unpaired) electrons. The average Bonchev–Trinajstić information content (AvgIpc) is 2.96. The number of methoxy groups -OCH3 is 1. The molecule has 5 rings (SSSR count). The second-order valence-electron chi connectivity index (χ2n) is 8.80. The van der Waals surface area contributed by atoms with Gasteiger partial charge in [-0.15, -0.1) is 0 Å². The van der Waals surface area contributed by atoms with Gasteiger partial charge >= 0.3 is 6.18 Å². The van der Waals surface area contributed by atoms with Crippen LogP contribution in [0.1, 0.15) is 16.7 Å². The Hall–Kier alpha value is -4.51. The molecule has 208 valence electrons. The molecule has 0 fully saturated rings. The van der Waals surface area contributed by atoms with E-state index < -0.39 is 23.1 Å². The Morgan fingerprint density at radius 3 is 2.51 bits per heavy atom. The van der Waals surface area contributed by atoms with Gasteiger partial charge in [0.2, 0.25) is 0 Å². The maximum Gasteiger partial charge on any atom is 0.416 e. The van der Waals surface area contributed by atoms with Crippen molar-refractivity contribution in [2.45, 2.75) is 12.8 Å². The monoisotopic (exact) mass is 625 g/mol. The lowest BCUT2D eigenvalue weighted by Crippen LogP contribution is -2.20. The molecule has 0 amide bonds. The van der Waals surface area contributed by atoms with Crippen LogP contribution in [0.5, 0.6) is 11.5 Å². The first-order chi connectivity index (χ1) is 19.7. The first kappa shape index (κ1) is 28.0. The molecular weight excluding hydrogens is 606 g/mol. The summed E-state index contributed by atoms with van der Waals surface area (Å²) in [5.74, 6) is -0.0190. The topological polar surface area (TPSA) is 65.7 Å². The zero-order chi connectivity index (χ0) is 29.1. The molecule has 0 aliphatic carbocycles. The first-order valence-corrected chi connectivity index (χ1v) is 12.9. The molecule has 0 unspecified atom stereocenters. The standard InChI is InChI=1S/C30H20BrF4N3O3/c1-40-26-15-22(31)14-20(27(26)41-17-19-7-2-4-11-24(19)32)16-36-38-28(18-8-6-9-21(13-18)30(33,34)35)37-25-12-5-3-10-23(25)29(38)39/h2-16H,17H2,1H3. The van der Waals surface area contributed by atoms with E-state index in [1.54, 1.807) is 54.6 Å². The highest BCUT2D eigenvalue weighted by molar-refractivity contribution is 9.10. The molecule has 0 saturated carbocycles. The molecule has 0 bridgehead atoms. The summed E-state index contributed by atoms with van der Waals surface area (Å²) in [6.45, 7) is -0.127. The quantitative estimate of drug-likeness (QED) is 0.139. The van der Waals surface area contributed by atoms with Crippen LogP contribution >= 0.6 is 15.9 Å². The summed E-state index contributed by atoms with van der Waals surface area (Å²) in [4.78, 5) is 18.0. The van der Waals surface area contributed by atoms with Crippen LogP contribution in [-0.4, -0.2) is 23.0 Å². The maximum absolute atomic E-state index is 14.2. The van der Waals surface area contributed by atoms with E-state index >= 15 is 0 Å². The van der Waals surface area contributed by atoms with Crippen LogP contribution in [-0.2, 0) is 12.8 Å². The van der Waals surface area contributed by atoms with Crippen molar-refractivity contribution in [3.05, 3.63) is 122 Å². The minimum atomic E-state index is -4.60. The van der Waals surface area contributed by atoms with Crippen LogP contribution in [0, 0.1) is 5.82 Å². The van der Waals surface area contributed by atoms with E-state index in [0.717, 1.165) is 16.8 Å². The van der Waals surface area contributed by atoms with Crippen molar-refractivity contribution in [1.82, 2.24) is 9.66 Å². The lowest BCUT2D eigenvalue weighted by atomic mass is 10.1. The third kappa shape index (κ3) is 5.99. The molecule has 0 aliphatic rings. The Bertz CT molecular complexity index is 1840. The van der Waals surface area contributed by atoms with E-state index in [4.69, 9.17) is 9.47 Å². The summed E-state index contributed by atoms with van der Waals surface area (Å²) in [6.07, 6.45) is -3.29. The van der Waals surface area contributed by atoms with Crippen molar-refractivity contribution in [2.24, 2.45) is 5.10 Å². The Morgan fingerprint density at radius 1 is 1.00 bits per heavy atom. The second-order valence-corrected chi connectivity index (χ2v) is 9.71. The van der Waals surface area contributed by atoms with Crippen LogP contribution in [0.4, 0.5) is 17.6 Å². The maximum atomic E-state index is 14.2. The van der Waals surface area contributed by atoms with Crippen LogP contribution in [0.2, 0.25) is 0 Å². The van der Waals surface area contributed by atoms with Gasteiger partial charge in [-0.25, -0.2) is 9.37 Å². The molecule has 41 heavy (non-hydrogen) atoms. The van der Waals surface area contributed by atoms with Gasteiger partial charge in [0.1, 0.15) is 12.4 Å². The second kappa shape index (κ2) is 11.5. The molecule has 11 heteroatoms. The zero-order valence-electron chi connectivity index (χ0n) is 21.3. The Balaban J connectivity index is 1.65. The molecule has 6 nitrogen and oxygen atoms in total. The summed E-state index contributed by atoms with van der Waals surface area (Å²) >= 11 is 3.40. The van der Waals surface area contributed by atoms with Crippen molar-refractivity contribution in [3.8, 4) is 22.9 Å². The van der Waals surface area contributed by atoms with Crippen LogP contribution in [0.25, 0.3) is 22.3 Å². The van der Waals surface area contributed by atoms with Gasteiger partial charge in [-0.2, -0.15) is 22.9 Å². The van der Waals surface area contributed by atoms with Crippen molar-refractivity contribution in [2.75, 3.05) is 7.11 Å². The molecular formula is C30H20BrF4N3O3. The van der Waals surface area contributed by atoms with E-state index in [2.05, 4.69) is 26.0 Å². The number of benzene rings is 4. The minimum Gasteiger partial charge on any atom is -0.493 e. The van der Waals surface area contributed by atoms with Gasteiger partial charge in [0.15, 0.2) is 17.3 Å². The first-order valence-electron chi connectivity index (χ1n) is 12.1. The Morgan fingerprint density at radius 2 is 1.76 bits per heavy atom. The zero-order valence-corrected chi connectivity index (χ0v) is 22.9. The molecule has 0 spiro atoms. The highest BCUT2D eigenvalue weighted by Gasteiger charge is 2.31. The van der Waals surface area contributed by atoms with Gasteiger partial charge in [0.05, 0.1) is 29.8 Å². The third-order valence-electron chi connectivity index (χ3n) is 6.11. The molecule has 0 N–H and O–H groups in total. The number of alkyl halides is 3. The van der Waals surface area contributed by atoms with Crippen molar-refractivity contribution in [1.29, 1.82) is 0 Å². The molecule has 1 heterocycles. The van der Waals surface area contributed by atoms with Crippen molar-refractivity contribution >= 4 is 33.0 Å². The number of hydrogen-bond donors (Lipinski definition) is 0. The summed E-state index contributed by atoms with van der Waals surface area (Å²) < 4.78 is 67.6. The number of fused-ring (bicyclic) bond motifs is 1. The molecule has 0 aliphatic heterocycles. The van der Waals surface area contributed by atoms with E-state index in [1.807, 2.05) is 0 Å². The highest BCUT2D eigenvalue weighted by Crippen LogP contribution is 2.35. The molecule has 0 saturated heterocycles. The van der Waals surface area contributed by atoms with Crippen molar-refractivity contribution in [3.63, 3.8) is 0 Å². The van der Waals surface area contributed by atoms with Crippen LogP contribution in [0.3, 0.4) is 0 Å². The third-order valence-corrected chi connectivity index (χ3v) is 6.57. The van der Waals surface area contributed by atoms with Crippen LogP contribution < -0.4 is 15.0 Å². The van der Waals surface area contributed by atoms with Crippen molar-refractivity contribution < 1.29 is 27.0 Å². The van der Waals surface area contributed by atoms with E-state index in [9.17, 15) is 22.4 Å². The number of aromatic nitrogens is 2. The number of para-hydroxylation sites is 1. The predicted octanol–water partition coefficient (Wildman–Crippen LogP) is 7.45. The van der Waals surface area contributed by atoms with E-state index in [1.165, 1.54) is 31.5 Å². The van der Waals surface area contributed by atoms with Gasteiger partial charge in [0, 0.05) is 21.2 Å². The molecule has 1 aromatic heterocycles. The van der Waals surface area contributed by atoms with Crippen LogP contribution in [0.15, 0.2) is 99.3 Å². The van der Waals surface area contributed by atoms with Gasteiger partial charge in [-0.1, -0.05) is 58.4 Å². The highest BCUT2D eigenvalue weighted by atomic mass is 79.9. The average molecular weight is 626 g/mol. The van der Waals surface area contributed by atoms with Gasteiger partial charge < -0.3 is 9.47 Å². The Labute approximate surface area is 239 Å². The fraction of sp³-hybridized carbons (Fsp3) is 0.100. The molecule has 4 aromatic carbocycles. The summed E-state index contributed by atoms with van der Waals surface area (Å²) in [7, 11) is 1.43. The normalized spacial score (nSPS) is 11.8. The fourth-order valence-electron chi connectivity index (χ4n) is 4.13. The number of halogens is 5. The summed E-state index contributed by atoms with van der Waals surface area (Å²) in [5.41, 5.74) is -0.481. The largest absolute Gasteiger partial charge is 0.493 e. The van der Waals surface area contributed by atoms with Gasteiger partial charge in [0.25, 0.3) is 5.56 Å². The Kier molecular flexibility index (Phi) is 7.89. The van der Waals surface area contributed by atoms with Gasteiger partial charge in [-0.05, 0) is 42.5 Å². The number of ether oxygens (including phenoxy) is 2. The fourth-order valence-corrected chi connectivity index (χ4v) is 4.58. The molecule has 5 aromatic rings. The summed E-state index contributed by atoms with van der Waals surface area (Å²) in [5, 5.41) is 4.57. The number of hydrogen-bond acceptors (Lipinski definition) is 5. The summed E-state index contributed by atoms with van der Waals surface area (Å²) in [6, 6.07) is 20.4. The molecule has 0 atom stereocenters. The van der Waals surface area contributed by atoms with E-state index in [0.29, 0.717) is 26.9 Å². The number of rotatable bonds is 7. The predicted molar refractivity (Wildman–Crippen MR) is 151 cm³/mol. The number of nitrogens with zero attached hydrogens (tertiary/aromatic N) is 3. The SMILES string of the molecule is COc1cc(Br)cc(C=Nn2c(-c3cccc(C(F)(F)F)c3)nc3ccccc3c2=O)c1OCc1ccccc1F. The van der Waals surface area contributed by atoms with E-state index in [-0.39, 0.29) is 29.1 Å². The van der Waals surface area contributed by atoms with Gasteiger partial charge in [-0.3, -0.25) is 4.79 Å². The minimum absolute atomic E-state index is 0.0441. The lowest BCUT2D eigenvalue weighted by Gasteiger charge is -2.15. The smallest absolute Gasteiger partial charge is 0.416 e.